The van der Waals surface area contributed by atoms with Crippen molar-refractivity contribution in [1.82, 2.24) is 4.72 Å². The lowest BCUT2D eigenvalue weighted by atomic mass is 10.3. The standard InChI is InChI=1S/C9H9F2NO4S/c1-5(9(13)14)12-17(15,16)8-3-2-6(10)4-7(8)11/h2-5,12H,1H3,(H,13,14). The molecule has 8 heteroatoms. The molecule has 1 unspecified atom stereocenters. The normalized spacial score (nSPS) is 13.4. The zero-order valence-corrected chi connectivity index (χ0v) is 9.46. The number of carboxylic acid groups (broad SMARTS) is 1. The van der Waals surface area contributed by atoms with Gasteiger partial charge >= 0.3 is 5.97 Å². The summed E-state index contributed by atoms with van der Waals surface area (Å²) in [4.78, 5) is 9.67. The SMILES string of the molecule is CC(NS(=O)(=O)c1ccc(F)cc1F)C(=O)O. The number of sulfonamides is 1. The van der Waals surface area contributed by atoms with Crippen LogP contribution >= 0.6 is 0 Å². The summed E-state index contributed by atoms with van der Waals surface area (Å²) >= 11 is 0. The zero-order chi connectivity index (χ0) is 13.2. The largest absolute Gasteiger partial charge is 0.480 e. The van der Waals surface area contributed by atoms with Crippen molar-refractivity contribution in [2.24, 2.45) is 0 Å². The van der Waals surface area contributed by atoms with Gasteiger partial charge in [0.15, 0.2) is 0 Å². The molecule has 0 radical (unpaired) electrons. The Morgan fingerprint density at radius 1 is 1.41 bits per heavy atom. The number of aliphatic carboxylic acids is 1. The maximum atomic E-state index is 13.2. The van der Waals surface area contributed by atoms with Gasteiger partial charge in [0.25, 0.3) is 0 Å². The van der Waals surface area contributed by atoms with E-state index in [2.05, 4.69) is 0 Å². The van der Waals surface area contributed by atoms with E-state index in [-0.39, 0.29) is 0 Å². The first-order chi connectivity index (χ1) is 7.74. The predicted molar refractivity (Wildman–Crippen MR) is 53.8 cm³/mol. The van der Waals surface area contributed by atoms with Crippen LogP contribution in [0.25, 0.3) is 0 Å². The Morgan fingerprint density at radius 3 is 2.47 bits per heavy atom. The van der Waals surface area contributed by atoms with Gasteiger partial charge in [-0.15, -0.1) is 0 Å². The number of carbonyl (C=O) groups is 1. The Hall–Kier alpha value is -1.54. The molecule has 0 amide bonds. The molecule has 94 valence electrons. The lowest BCUT2D eigenvalue weighted by molar-refractivity contribution is -0.138. The molecular weight excluding hydrogens is 256 g/mol. The highest BCUT2D eigenvalue weighted by molar-refractivity contribution is 7.89. The van der Waals surface area contributed by atoms with Crippen LogP contribution in [0, 0.1) is 11.6 Å². The van der Waals surface area contributed by atoms with Crippen molar-refractivity contribution in [3.8, 4) is 0 Å². The maximum absolute atomic E-state index is 13.2. The van der Waals surface area contributed by atoms with Crippen LogP contribution in [-0.2, 0) is 14.8 Å². The Balaban J connectivity index is 3.10. The van der Waals surface area contributed by atoms with Crippen LogP contribution in [0.4, 0.5) is 8.78 Å². The fourth-order valence-corrected chi connectivity index (χ4v) is 2.30. The van der Waals surface area contributed by atoms with E-state index in [9.17, 15) is 22.0 Å². The third-order valence-corrected chi connectivity index (χ3v) is 3.46. The summed E-state index contributed by atoms with van der Waals surface area (Å²) in [5.74, 6) is -3.61. The van der Waals surface area contributed by atoms with Crippen LogP contribution in [0.15, 0.2) is 23.1 Å². The molecule has 0 aliphatic carbocycles. The van der Waals surface area contributed by atoms with E-state index in [1.54, 1.807) is 4.72 Å². The summed E-state index contributed by atoms with van der Waals surface area (Å²) in [6.07, 6.45) is 0. The molecule has 0 aliphatic heterocycles. The third-order valence-electron chi connectivity index (χ3n) is 1.89. The van der Waals surface area contributed by atoms with E-state index in [0.29, 0.717) is 6.07 Å². The molecule has 5 nitrogen and oxygen atoms in total. The molecule has 0 bridgehead atoms. The van der Waals surface area contributed by atoms with Gasteiger partial charge in [0, 0.05) is 6.07 Å². The molecule has 0 heterocycles. The van der Waals surface area contributed by atoms with E-state index >= 15 is 0 Å². The number of nitrogens with one attached hydrogen (secondary N) is 1. The van der Waals surface area contributed by atoms with E-state index in [1.807, 2.05) is 0 Å². The first kappa shape index (κ1) is 13.5. The van der Waals surface area contributed by atoms with E-state index < -0.39 is 38.6 Å². The van der Waals surface area contributed by atoms with Gasteiger partial charge in [0.1, 0.15) is 22.6 Å². The van der Waals surface area contributed by atoms with Gasteiger partial charge in [0.05, 0.1) is 0 Å². The summed E-state index contributed by atoms with van der Waals surface area (Å²) in [6.45, 7) is 1.08. The van der Waals surface area contributed by atoms with E-state index in [4.69, 9.17) is 5.11 Å². The van der Waals surface area contributed by atoms with Gasteiger partial charge in [-0.3, -0.25) is 4.79 Å². The van der Waals surface area contributed by atoms with Crippen molar-refractivity contribution in [2.75, 3.05) is 0 Å². The van der Waals surface area contributed by atoms with Gasteiger partial charge in [-0.2, -0.15) is 4.72 Å². The summed E-state index contributed by atoms with van der Waals surface area (Å²) in [6, 6.07) is 0.481. The second kappa shape index (κ2) is 4.76. The van der Waals surface area contributed by atoms with Crippen molar-refractivity contribution in [3.05, 3.63) is 29.8 Å². The lowest BCUT2D eigenvalue weighted by Gasteiger charge is -2.10. The van der Waals surface area contributed by atoms with Crippen molar-refractivity contribution in [3.63, 3.8) is 0 Å². The molecule has 0 saturated heterocycles. The first-order valence-electron chi connectivity index (χ1n) is 4.44. The second-order valence-corrected chi connectivity index (χ2v) is 4.94. The smallest absolute Gasteiger partial charge is 0.321 e. The average Bonchev–Trinajstić information content (AvgIpc) is 2.15. The van der Waals surface area contributed by atoms with Crippen LogP contribution in [-0.4, -0.2) is 25.5 Å². The first-order valence-corrected chi connectivity index (χ1v) is 5.92. The Kier molecular flexibility index (Phi) is 3.79. The molecule has 1 rings (SSSR count). The minimum atomic E-state index is -4.32. The quantitative estimate of drug-likeness (QED) is 0.840. The van der Waals surface area contributed by atoms with Crippen LogP contribution in [0.3, 0.4) is 0 Å². The van der Waals surface area contributed by atoms with Crippen molar-refractivity contribution in [1.29, 1.82) is 0 Å². The summed E-state index contributed by atoms with van der Waals surface area (Å²) in [5, 5.41) is 8.52. The van der Waals surface area contributed by atoms with Crippen LogP contribution in [0.1, 0.15) is 6.92 Å². The van der Waals surface area contributed by atoms with E-state index in [1.165, 1.54) is 0 Å². The predicted octanol–water partition coefficient (Wildman–Crippen LogP) is 0.716. The molecule has 0 aliphatic rings. The highest BCUT2D eigenvalue weighted by atomic mass is 32.2. The number of rotatable bonds is 4. The molecule has 1 aromatic rings. The molecule has 17 heavy (non-hydrogen) atoms. The Morgan fingerprint density at radius 2 is 2.00 bits per heavy atom. The van der Waals surface area contributed by atoms with Gasteiger partial charge < -0.3 is 5.11 Å². The monoisotopic (exact) mass is 265 g/mol. The summed E-state index contributed by atoms with van der Waals surface area (Å²) in [5.41, 5.74) is 0. The number of carboxylic acids is 1. The highest BCUT2D eigenvalue weighted by Gasteiger charge is 2.24. The molecular formula is C9H9F2NO4S. The van der Waals surface area contributed by atoms with Gasteiger partial charge in [-0.05, 0) is 19.1 Å². The second-order valence-electron chi connectivity index (χ2n) is 3.26. The number of hydrogen-bond donors (Lipinski definition) is 2. The molecule has 0 fully saturated rings. The van der Waals surface area contributed by atoms with Crippen molar-refractivity contribution < 1.29 is 27.1 Å². The summed E-state index contributed by atoms with van der Waals surface area (Å²) < 4.78 is 50.6. The van der Waals surface area contributed by atoms with Gasteiger partial charge in [-0.1, -0.05) is 0 Å². The van der Waals surface area contributed by atoms with Gasteiger partial charge in [-0.25, -0.2) is 17.2 Å². The Bertz CT molecular complexity index is 544. The number of hydrogen-bond acceptors (Lipinski definition) is 3. The van der Waals surface area contributed by atoms with Crippen LogP contribution in [0.2, 0.25) is 0 Å². The molecule has 1 atom stereocenters. The maximum Gasteiger partial charge on any atom is 0.321 e. The fraction of sp³-hybridized carbons (Fsp3) is 0.222. The van der Waals surface area contributed by atoms with Crippen molar-refractivity contribution >= 4 is 16.0 Å². The Labute approximate surface area is 96.1 Å². The van der Waals surface area contributed by atoms with Crippen LogP contribution in [0.5, 0.6) is 0 Å². The number of halogens is 2. The minimum absolute atomic E-state index is 0.403. The van der Waals surface area contributed by atoms with E-state index in [0.717, 1.165) is 19.1 Å². The average molecular weight is 265 g/mol. The molecule has 0 saturated carbocycles. The molecule has 0 spiro atoms. The number of benzene rings is 1. The molecule has 2 N–H and O–H groups in total. The highest BCUT2D eigenvalue weighted by Crippen LogP contribution is 2.15. The zero-order valence-electron chi connectivity index (χ0n) is 8.65. The van der Waals surface area contributed by atoms with Crippen LogP contribution < -0.4 is 4.72 Å². The van der Waals surface area contributed by atoms with Crippen molar-refractivity contribution in [2.45, 2.75) is 17.9 Å². The molecule has 1 aromatic carbocycles. The topological polar surface area (TPSA) is 83.5 Å². The van der Waals surface area contributed by atoms with Gasteiger partial charge in [0.2, 0.25) is 10.0 Å². The fourth-order valence-electron chi connectivity index (χ4n) is 1.04. The lowest BCUT2D eigenvalue weighted by Crippen LogP contribution is -2.38. The third kappa shape index (κ3) is 3.21. The molecule has 0 aromatic heterocycles. The summed E-state index contributed by atoms with van der Waals surface area (Å²) in [7, 11) is -4.32. The minimum Gasteiger partial charge on any atom is -0.480 e.